The molecule has 2 heterocycles. The van der Waals surface area contributed by atoms with Crippen LogP contribution >= 0.6 is 0 Å². The van der Waals surface area contributed by atoms with Crippen molar-refractivity contribution in [3.63, 3.8) is 0 Å². The number of fused-ring (bicyclic) bond motifs is 1. The van der Waals surface area contributed by atoms with Crippen LogP contribution in [-0.2, 0) is 7.05 Å². The van der Waals surface area contributed by atoms with Gasteiger partial charge in [-0.25, -0.2) is 0 Å². The average Bonchev–Trinajstić information content (AvgIpc) is 2.66. The average molecular weight is 285 g/mol. The van der Waals surface area contributed by atoms with E-state index < -0.39 is 4.92 Å². The fourth-order valence-corrected chi connectivity index (χ4v) is 2.57. The minimum Gasteiger partial charge on any atom is -0.368 e. The number of nitro groups is 1. The number of aryl methyl sites for hydroxylation is 2. The molecule has 1 N–H and O–H groups in total. The lowest BCUT2D eigenvalue weighted by atomic mass is 10.0. The number of nitrogens with one attached hydrogen (secondary N) is 1. The van der Waals surface area contributed by atoms with Gasteiger partial charge in [-0.05, 0) is 6.92 Å². The Labute approximate surface area is 121 Å². The molecule has 0 radical (unpaired) electrons. The maximum atomic E-state index is 11.0. The van der Waals surface area contributed by atoms with Crippen molar-refractivity contribution < 1.29 is 4.92 Å². The van der Waals surface area contributed by atoms with Crippen LogP contribution in [0.1, 0.15) is 16.8 Å². The van der Waals surface area contributed by atoms with Gasteiger partial charge in [0.2, 0.25) is 0 Å². The molecule has 0 spiro atoms. The van der Waals surface area contributed by atoms with Gasteiger partial charge < -0.3 is 5.32 Å². The van der Waals surface area contributed by atoms with Crippen LogP contribution in [0.5, 0.6) is 0 Å². The summed E-state index contributed by atoms with van der Waals surface area (Å²) >= 11 is 0. The highest BCUT2D eigenvalue weighted by molar-refractivity contribution is 6.16. The third kappa shape index (κ3) is 2.26. The van der Waals surface area contributed by atoms with Gasteiger partial charge in [0, 0.05) is 31.3 Å². The molecule has 0 amide bonds. The van der Waals surface area contributed by atoms with E-state index in [-0.39, 0.29) is 5.69 Å². The van der Waals surface area contributed by atoms with Crippen LogP contribution in [0.25, 0.3) is 0 Å². The second kappa shape index (κ2) is 5.01. The van der Waals surface area contributed by atoms with Crippen molar-refractivity contribution in [3.05, 3.63) is 51.2 Å². The van der Waals surface area contributed by atoms with Crippen molar-refractivity contribution in [2.45, 2.75) is 6.92 Å². The van der Waals surface area contributed by atoms with E-state index in [1.807, 2.05) is 20.0 Å². The fourth-order valence-electron chi connectivity index (χ4n) is 2.57. The zero-order valence-corrected chi connectivity index (χ0v) is 11.8. The molecule has 1 aromatic carbocycles. The van der Waals surface area contributed by atoms with E-state index in [1.165, 1.54) is 6.07 Å². The molecule has 1 aliphatic heterocycles. The Morgan fingerprint density at radius 3 is 3.00 bits per heavy atom. The first-order valence-electron chi connectivity index (χ1n) is 6.65. The number of hydrogen-bond donors (Lipinski definition) is 1. The van der Waals surface area contributed by atoms with Crippen LogP contribution in [0.4, 0.5) is 11.5 Å². The number of non-ortho nitro benzene ring substituents is 1. The van der Waals surface area contributed by atoms with Crippen LogP contribution in [0, 0.1) is 17.0 Å². The normalized spacial score (nSPS) is 13.9. The Morgan fingerprint density at radius 1 is 1.43 bits per heavy atom. The summed E-state index contributed by atoms with van der Waals surface area (Å²) in [5.74, 6) is 0.898. The predicted octanol–water partition coefficient (Wildman–Crippen LogP) is 1.90. The van der Waals surface area contributed by atoms with E-state index in [9.17, 15) is 10.1 Å². The molecule has 21 heavy (non-hydrogen) atoms. The molecule has 1 aromatic heterocycles. The number of aliphatic imine (C=N–C) groups is 1. The van der Waals surface area contributed by atoms with Gasteiger partial charge in [-0.15, -0.1) is 0 Å². The highest BCUT2D eigenvalue weighted by atomic mass is 16.6. The number of anilines is 1. The monoisotopic (exact) mass is 285 g/mol. The molecule has 0 atom stereocenters. The number of benzene rings is 1. The summed E-state index contributed by atoms with van der Waals surface area (Å²) in [6, 6.07) is 6.56. The lowest BCUT2D eigenvalue weighted by Gasteiger charge is -2.07. The second-order valence-electron chi connectivity index (χ2n) is 4.90. The Kier molecular flexibility index (Phi) is 3.17. The van der Waals surface area contributed by atoms with Crippen molar-refractivity contribution in [2.24, 2.45) is 12.0 Å². The highest BCUT2D eigenvalue weighted by Crippen LogP contribution is 2.26. The molecule has 7 nitrogen and oxygen atoms in total. The van der Waals surface area contributed by atoms with Gasteiger partial charge in [-0.2, -0.15) is 5.10 Å². The highest BCUT2D eigenvalue weighted by Gasteiger charge is 2.22. The number of rotatable bonds is 2. The molecule has 0 saturated carbocycles. The van der Waals surface area contributed by atoms with Crippen LogP contribution in [0.15, 0.2) is 29.3 Å². The maximum absolute atomic E-state index is 11.0. The second-order valence-corrected chi connectivity index (χ2v) is 4.90. The molecule has 0 fully saturated rings. The fraction of sp³-hybridized carbons (Fsp3) is 0.286. The zero-order valence-electron chi connectivity index (χ0n) is 11.8. The quantitative estimate of drug-likeness (QED) is 0.674. The van der Waals surface area contributed by atoms with Crippen molar-refractivity contribution in [1.82, 2.24) is 9.78 Å². The summed E-state index contributed by atoms with van der Waals surface area (Å²) in [4.78, 5) is 15.2. The summed E-state index contributed by atoms with van der Waals surface area (Å²) < 4.78 is 1.78. The Balaban J connectivity index is 2.17. The van der Waals surface area contributed by atoms with Gasteiger partial charge in [-0.1, -0.05) is 12.1 Å². The van der Waals surface area contributed by atoms with E-state index in [2.05, 4.69) is 15.4 Å². The third-order valence-electron chi connectivity index (χ3n) is 3.46. The standard InChI is InChI=1S/C14H15N5O2/c1-9-12-13(10-4-3-5-11(8-10)19(20)21)15-6-7-16-14(12)18(2)17-9/h3-5,8,16H,6-7H2,1-2H3. The molecule has 0 unspecified atom stereocenters. The Morgan fingerprint density at radius 2 is 2.24 bits per heavy atom. The van der Waals surface area contributed by atoms with Gasteiger partial charge in [0.25, 0.3) is 5.69 Å². The molecular weight excluding hydrogens is 270 g/mol. The summed E-state index contributed by atoms with van der Waals surface area (Å²) in [6.45, 7) is 3.25. The topological polar surface area (TPSA) is 85.3 Å². The van der Waals surface area contributed by atoms with E-state index >= 15 is 0 Å². The molecule has 0 bridgehead atoms. The SMILES string of the molecule is Cc1nn(C)c2c1C(c1cccc([N+](=O)[O-])c1)=NCCN2. The first-order chi connectivity index (χ1) is 10.1. The van der Waals surface area contributed by atoms with Crippen LogP contribution in [-0.4, -0.2) is 33.5 Å². The molecule has 0 aliphatic carbocycles. The maximum Gasteiger partial charge on any atom is 0.270 e. The Bertz CT molecular complexity index is 748. The zero-order chi connectivity index (χ0) is 15.0. The molecule has 2 aromatic rings. The number of aromatic nitrogens is 2. The minimum atomic E-state index is -0.393. The molecule has 108 valence electrons. The van der Waals surface area contributed by atoms with Crippen LogP contribution in [0.2, 0.25) is 0 Å². The van der Waals surface area contributed by atoms with Gasteiger partial charge in [0.1, 0.15) is 5.82 Å². The van der Waals surface area contributed by atoms with E-state index in [0.29, 0.717) is 13.1 Å². The summed E-state index contributed by atoms with van der Waals surface area (Å²) in [6.07, 6.45) is 0. The van der Waals surface area contributed by atoms with E-state index in [4.69, 9.17) is 0 Å². The molecule has 0 saturated heterocycles. The summed E-state index contributed by atoms with van der Waals surface area (Å²) in [5.41, 5.74) is 3.33. The Hall–Kier alpha value is -2.70. The number of nitro benzene ring substituents is 1. The molecular formula is C14H15N5O2. The van der Waals surface area contributed by atoms with Crippen LogP contribution < -0.4 is 5.32 Å². The first-order valence-corrected chi connectivity index (χ1v) is 6.65. The van der Waals surface area contributed by atoms with Crippen molar-refractivity contribution in [1.29, 1.82) is 0 Å². The lowest BCUT2D eigenvalue weighted by Crippen LogP contribution is -2.08. The number of hydrogen-bond acceptors (Lipinski definition) is 5. The largest absolute Gasteiger partial charge is 0.368 e. The van der Waals surface area contributed by atoms with Gasteiger partial charge in [0.05, 0.1) is 28.4 Å². The van der Waals surface area contributed by atoms with Crippen molar-refractivity contribution in [3.8, 4) is 0 Å². The predicted molar refractivity (Wildman–Crippen MR) is 80.0 cm³/mol. The van der Waals surface area contributed by atoms with E-state index in [1.54, 1.807) is 16.8 Å². The smallest absolute Gasteiger partial charge is 0.270 e. The summed E-state index contributed by atoms with van der Waals surface area (Å²) in [7, 11) is 1.87. The van der Waals surface area contributed by atoms with Crippen molar-refractivity contribution in [2.75, 3.05) is 18.4 Å². The molecule has 1 aliphatic rings. The molecule has 7 heteroatoms. The number of nitrogens with zero attached hydrogens (tertiary/aromatic N) is 4. The van der Waals surface area contributed by atoms with E-state index in [0.717, 1.165) is 28.4 Å². The van der Waals surface area contributed by atoms with Crippen LogP contribution in [0.3, 0.4) is 0 Å². The lowest BCUT2D eigenvalue weighted by molar-refractivity contribution is -0.384. The van der Waals surface area contributed by atoms with Crippen molar-refractivity contribution >= 4 is 17.2 Å². The third-order valence-corrected chi connectivity index (χ3v) is 3.46. The first kappa shape index (κ1) is 13.3. The van der Waals surface area contributed by atoms with Gasteiger partial charge in [-0.3, -0.25) is 19.8 Å². The molecule has 3 rings (SSSR count). The minimum absolute atomic E-state index is 0.0653. The summed E-state index contributed by atoms with van der Waals surface area (Å²) in [5, 5.41) is 18.7. The van der Waals surface area contributed by atoms with Gasteiger partial charge in [0.15, 0.2) is 0 Å². The van der Waals surface area contributed by atoms with Gasteiger partial charge >= 0.3 is 0 Å².